The Kier molecular flexibility index (Phi) is 14.1. The summed E-state index contributed by atoms with van der Waals surface area (Å²) in [5, 5.41) is 0. The first kappa shape index (κ1) is 29.4. The van der Waals surface area contributed by atoms with Gasteiger partial charge in [-0.3, -0.25) is 9.80 Å². The zero-order chi connectivity index (χ0) is 25.5. The van der Waals surface area contributed by atoms with E-state index < -0.39 is 0 Å². The van der Waals surface area contributed by atoms with Crippen molar-refractivity contribution in [1.82, 2.24) is 9.80 Å². The van der Waals surface area contributed by atoms with Gasteiger partial charge in [0.1, 0.15) is 11.5 Å². The second-order valence-electron chi connectivity index (χ2n) is 10.2. The number of hydrogen-bond donors (Lipinski definition) is 0. The molecule has 2 rings (SSSR count). The summed E-state index contributed by atoms with van der Waals surface area (Å²) in [7, 11) is 0. The summed E-state index contributed by atoms with van der Waals surface area (Å²) >= 11 is 0. The Morgan fingerprint density at radius 1 is 0.543 bits per heavy atom. The number of para-hydroxylation sites is 2. The topological polar surface area (TPSA) is 15.7 Å². The molecule has 0 amide bonds. The van der Waals surface area contributed by atoms with E-state index in [1.807, 2.05) is 0 Å². The van der Waals surface area contributed by atoms with Gasteiger partial charge in [0.2, 0.25) is 0 Å². The second-order valence-corrected chi connectivity index (χ2v) is 10.2. The molecule has 0 fully saturated rings. The summed E-state index contributed by atoms with van der Waals surface area (Å²) in [5.74, 6) is 2.10. The van der Waals surface area contributed by atoms with E-state index in [1.54, 1.807) is 0 Å². The van der Waals surface area contributed by atoms with Crippen molar-refractivity contribution >= 4 is 0 Å². The standard InChI is InChI=1S/C32H52N2O/c1-7-11-21-33(22-12-8-2)25-29-19-15-17-27(5)31(29)35-32-28(6)18-16-20-30(32)26-34(23-13-9-3)24-14-10-4/h15-20H,7-14,21-26H2,1-6H3. The Bertz CT molecular complexity index is 762. The minimum atomic E-state index is 0.956. The monoisotopic (exact) mass is 480 g/mol. The molecule has 0 N–H and O–H groups in total. The molecule has 196 valence electrons. The Morgan fingerprint density at radius 2 is 0.886 bits per heavy atom. The summed E-state index contributed by atoms with van der Waals surface area (Å²) in [5.41, 5.74) is 5.05. The fraction of sp³-hybridized carbons (Fsp3) is 0.625. The first-order valence-corrected chi connectivity index (χ1v) is 14.3. The van der Waals surface area contributed by atoms with E-state index in [0.717, 1.165) is 50.8 Å². The Balaban J connectivity index is 2.32. The Labute approximate surface area is 216 Å². The molecule has 0 unspecified atom stereocenters. The molecule has 0 atom stereocenters. The molecular weight excluding hydrogens is 428 g/mol. The van der Waals surface area contributed by atoms with Crippen LogP contribution >= 0.6 is 0 Å². The van der Waals surface area contributed by atoms with Gasteiger partial charge in [0.05, 0.1) is 0 Å². The van der Waals surface area contributed by atoms with Crippen LogP contribution in [0, 0.1) is 13.8 Å². The minimum absolute atomic E-state index is 0.956. The molecular formula is C32H52N2O. The highest BCUT2D eigenvalue weighted by Crippen LogP contribution is 2.35. The molecule has 0 saturated heterocycles. The van der Waals surface area contributed by atoms with Crippen molar-refractivity contribution in [2.75, 3.05) is 26.2 Å². The third-order valence-corrected chi connectivity index (χ3v) is 6.89. The first-order valence-electron chi connectivity index (χ1n) is 14.3. The number of hydrogen-bond acceptors (Lipinski definition) is 3. The highest BCUT2D eigenvalue weighted by atomic mass is 16.5. The third kappa shape index (κ3) is 9.97. The highest BCUT2D eigenvalue weighted by Gasteiger charge is 2.17. The molecule has 0 saturated carbocycles. The van der Waals surface area contributed by atoms with E-state index in [4.69, 9.17) is 4.74 Å². The maximum atomic E-state index is 6.87. The molecule has 0 aliphatic rings. The molecule has 0 aromatic heterocycles. The van der Waals surface area contributed by atoms with E-state index in [0.29, 0.717) is 0 Å². The SMILES string of the molecule is CCCCN(CCCC)Cc1cccc(C)c1Oc1c(C)cccc1CN(CCCC)CCCC. The van der Waals surface area contributed by atoms with Gasteiger partial charge >= 0.3 is 0 Å². The maximum absolute atomic E-state index is 6.87. The van der Waals surface area contributed by atoms with Crippen molar-refractivity contribution in [2.24, 2.45) is 0 Å². The molecule has 2 aromatic rings. The fourth-order valence-electron chi connectivity index (χ4n) is 4.62. The Morgan fingerprint density at radius 3 is 1.20 bits per heavy atom. The van der Waals surface area contributed by atoms with Gasteiger partial charge in [-0.1, -0.05) is 89.8 Å². The van der Waals surface area contributed by atoms with Crippen LogP contribution in [-0.2, 0) is 13.1 Å². The smallest absolute Gasteiger partial charge is 0.134 e. The van der Waals surface area contributed by atoms with Gasteiger partial charge in [-0.25, -0.2) is 0 Å². The molecule has 0 radical (unpaired) electrons. The van der Waals surface area contributed by atoms with Crippen LogP contribution in [0.25, 0.3) is 0 Å². The van der Waals surface area contributed by atoms with Crippen LogP contribution in [0.1, 0.15) is 101 Å². The van der Waals surface area contributed by atoms with Gasteiger partial charge < -0.3 is 4.74 Å². The maximum Gasteiger partial charge on any atom is 0.134 e. The molecule has 3 heteroatoms. The van der Waals surface area contributed by atoms with Gasteiger partial charge in [-0.2, -0.15) is 0 Å². The quantitative estimate of drug-likeness (QED) is 0.212. The van der Waals surface area contributed by atoms with Crippen molar-refractivity contribution in [3.8, 4) is 11.5 Å². The number of rotatable bonds is 18. The number of ether oxygens (including phenoxy) is 1. The van der Waals surface area contributed by atoms with E-state index in [-0.39, 0.29) is 0 Å². The molecule has 0 spiro atoms. The average molecular weight is 481 g/mol. The summed E-state index contributed by atoms with van der Waals surface area (Å²) in [6, 6.07) is 13.3. The molecule has 2 aromatic carbocycles. The van der Waals surface area contributed by atoms with Crippen LogP contribution < -0.4 is 4.74 Å². The largest absolute Gasteiger partial charge is 0.456 e. The predicted molar refractivity (Wildman–Crippen MR) is 153 cm³/mol. The summed E-state index contributed by atoms with van der Waals surface area (Å²) in [6.07, 6.45) is 9.94. The second kappa shape index (κ2) is 16.8. The molecule has 0 aliphatic carbocycles. The Hall–Kier alpha value is -1.84. The van der Waals surface area contributed by atoms with Crippen LogP contribution in [0.5, 0.6) is 11.5 Å². The van der Waals surface area contributed by atoms with Gasteiger partial charge in [-0.05, 0) is 76.8 Å². The van der Waals surface area contributed by atoms with Gasteiger partial charge in [-0.15, -0.1) is 0 Å². The zero-order valence-corrected chi connectivity index (χ0v) is 23.7. The molecule has 3 nitrogen and oxygen atoms in total. The lowest BCUT2D eigenvalue weighted by Crippen LogP contribution is -2.26. The van der Waals surface area contributed by atoms with Gasteiger partial charge in [0.15, 0.2) is 0 Å². The van der Waals surface area contributed by atoms with Crippen LogP contribution in [0.4, 0.5) is 0 Å². The van der Waals surface area contributed by atoms with E-state index in [9.17, 15) is 0 Å². The normalized spacial score (nSPS) is 11.5. The van der Waals surface area contributed by atoms with E-state index >= 15 is 0 Å². The lowest BCUT2D eigenvalue weighted by atomic mass is 10.1. The summed E-state index contributed by atoms with van der Waals surface area (Å²) in [4.78, 5) is 5.23. The van der Waals surface area contributed by atoms with Crippen molar-refractivity contribution < 1.29 is 4.74 Å². The lowest BCUT2D eigenvalue weighted by Gasteiger charge is -2.26. The van der Waals surface area contributed by atoms with E-state index in [1.165, 1.54) is 73.6 Å². The molecule has 35 heavy (non-hydrogen) atoms. The van der Waals surface area contributed by atoms with Crippen molar-refractivity contribution in [3.05, 3.63) is 58.7 Å². The van der Waals surface area contributed by atoms with Crippen molar-refractivity contribution in [1.29, 1.82) is 0 Å². The van der Waals surface area contributed by atoms with E-state index in [2.05, 4.69) is 87.7 Å². The summed E-state index contributed by atoms with van der Waals surface area (Å²) < 4.78 is 6.87. The lowest BCUT2D eigenvalue weighted by molar-refractivity contribution is 0.250. The number of aryl methyl sites for hydroxylation is 2. The molecule has 0 aliphatic heterocycles. The van der Waals surface area contributed by atoms with Crippen molar-refractivity contribution in [2.45, 2.75) is 106 Å². The van der Waals surface area contributed by atoms with Crippen LogP contribution in [-0.4, -0.2) is 36.0 Å². The zero-order valence-electron chi connectivity index (χ0n) is 23.7. The fourth-order valence-corrected chi connectivity index (χ4v) is 4.62. The van der Waals surface area contributed by atoms with Crippen LogP contribution in [0.15, 0.2) is 36.4 Å². The highest BCUT2D eigenvalue weighted by molar-refractivity contribution is 5.48. The first-order chi connectivity index (χ1) is 17.0. The number of benzene rings is 2. The number of unbranched alkanes of at least 4 members (excludes halogenated alkanes) is 4. The molecule has 0 heterocycles. The summed E-state index contributed by atoms with van der Waals surface area (Å²) in [6.45, 7) is 20.0. The molecule has 0 bridgehead atoms. The van der Waals surface area contributed by atoms with Crippen LogP contribution in [0.2, 0.25) is 0 Å². The average Bonchev–Trinajstić information content (AvgIpc) is 2.85. The minimum Gasteiger partial charge on any atom is -0.456 e. The van der Waals surface area contributed by atoms with Gasteiger partial charge in [0, 0.05) is 24.2 Å². The van der Waals surface area contributed by atoms with Gasteiger partial charge in [0.25, 0.3) is 0 Å². The van der Waals surface area contributed by atoms with Crippen LogP contribution in [0.3, 0.4) is 0 Å². The third-order valence-electron chi connectivity index (χ3n) is 6.89. The number of nitrogens with zero attached hydrogens (tertiary/aromatic N) is 2. The van der Waals surface area contributed by atoms with Crippen molar-refractivity contribution in [3.63, 3.8) is 0 Å². The predicted octanol–water partition coefficient (Wildman–Crippen LogP) is 8.90.